The molecule has 13 heavy (non-hydrogen) atoms. The normalized spacial score (nSPS) is 10.5. The van der Waals surface area contributed by atoms with Gasteiger partial charge < -0.3 is 0 Å². The molecule has 2 aromatic heterocycles. The Labute approximate surface area is 81.8 Å². The molecule has 0 N–H and O–H groups in total. The molecule has 0 saturated carbocycles. The predicted molar refractivity (Wildman–Crippen MR) is 55.0 cm³/mol. The van der Waals surface area contributed by atoms with Gasteiger partial charge in [0.1, 0.15) is 0 Å². The number of rotatable bonds is 3. The van der Waals surface area contributed by atoms with Crippen molar-refractivity contribution >= 4 is 11.3 Å². The van der Waals surface area contributed by atoms with Crippen LogP contribution in [0.5, 0.6) is 0 Å². The second-order valence-electron chi connectivity index (χ2n) is 3.11. The third-order valence-electron chi connectivity index (χ3n) is 1.93. The maximum Gasteiger partial charge on any atom is 0.0518 e. The van der Waals surface area contributed by atoms with Crippen LogP contribution in [0.15, 0.2) is 29.9 Å². The Morgan fingerprint density at radius 1 is 1.54 bits per heavy atom. The summed E-state index contributed by atoms with van der Waals surface area (Å²) in [5, 5.41) is 6.35. The van der Waals surface area contributed by atoms with Crippen LogP contribution in [-0.4, -0.2) is 9.78 Å². The topological polar surface area (TPSA) is 17.8 Å². The van der Waals surface area contributed by atoms with E-state index >= 15 is 0 Å². The van der Waals surface area contributed by atoms with E-state index in [4.69, 9.17) is 0 Å². The van der Waals surface area contributed by atoms with E-state index in [2.05, 4.69) is 35.7 Å². The molecule has 0 aliphatic rings. The lowest BCUT2D eigenvalue weighted by Gasteiger charge is -1.98. The van der Waals surface area contributed by atoms with Crippen LogP contribution in [0.25, 0.3) is 0 Å². The highest BCUT2D eigenvalue weighted by Gasteiger charge is 1.96. The number of hydrogen-bond donors (Lipinski definition) is 0. The molecule has 2 rings (SSSR count). The molecule has 0 amide bonds. The van der Waals surface area contributed by atoms with E-state index in [1.807, 2.05) is 22.2 Å². The first-order chi connectivity index (χ1) is 6.34. The van der Waals surface area contributed by atoms with Gasteiger partial charge in [0.2, 0.25) is 0 Å². The fourth-order valence-electron chi connectivity index (χ4n) is 1.27. The van der Waals surface area contributed by atoms with Gasteiger partial charge in [0, 0.05) is 24.0 Å². The van der Waals surface area contributed by atoms with E-state index in [1.165, 1.54) is 10.4 Å². The molecule has 0 unspecified atom stereocenters. The summed E-state index contributed by atoms with van der Waals surface area (Å²) in [5.41, 5.74) is 1.23. The summed E-state index contributed by atoms with van der Waals surface area (Å²) >= 11 is 1.81. The Morgan fingerprint density at radius 3 is 3.08 bits per heavy atom. The SMILES string of the molecule is Cc1cnn(CCc2cccs2)c1. The average Bonchev–Trinajstić information content (AvgIpc) is 2.71. The minimum absolute atomic E-state index is 0.981. The van der Waals surface area contributed by atoms with E-state index in [0.29, 0.717) is 0 Å². The molecule has 2 heterocycles. The lowest BCUT2D eigenvalue weighted by atomic mass is 10.3. The number of nitrogens with zero attached hydrogens (tertiary/aromatic N) is 2. The van der Waals surface area contributed by atoms with Crippen molar-refractivity contribution in [2.75, 3.05) is 0 Å². The van der Waals surface area contributed by atoms with Gasteiger partial charge in [0.05, 0.1) is 6.20 Å². The average molecular weight is 192 g/mol. The second kappa shape index (κ2) is 3.75. The summed E-state index contributed by atoms with van der Waals surface area (Å²) < 4.78 is 2.00. The van der Waals surface area contributed by atoms with Gasteiger partial charge in [0.25, 0.3) is 0 Å². The van der Waals surface area contributed by atoms with Crippen molar-refractivity contribution < 1.29 is 0 Å². The predicted octanol–water partition coefficient (Wildman–Crippen LogP) is 2.50. The Kier molecular flexibility index (Phi) is 2.45. The van der Waals surface area contributed by atoms with Crippen LogP contribution in [0.3, 0.4) is 0 Å². The maximum atomic E-state index is 4.24. The molecule has 2 aromatic rings. The molecule has 0 aliphatic carbocycles. The summed E-state index contributed by atoms with van der Waals surface area (Å²) in [7, 11) is 0. The standard InChI is InChI=1S/C10H12N2S/c1-9-7-11-12(8-9)5-4-10-3-2-6-13-10/h2-3,6-8H,4-5H2,1H3. The zero-order valence-electron chi connectivity index (χ0n) is 7.60. The van der Waals surface area contributed by atoms with Gasteiger partial charge in [0.15, 0.2) is 0 Å². The molecule has 0 atom stereocenters. The largest absolute Gasteiger partial charge is 0.272 e. The molecular weight excluding hydrogens is 180 g/mol. The van der Waals surface area contributed by atoms with Crippen molar-refractivity contribution in [3.8, 4) is 0 Å². The van der Waals surface area contributed by atoms with E-state index in [1.54, 1.807) is 0 Å². The van der Waals surface area contributed by atoms with Gasteiger partial charge in [-0.3, -0.25) is 4.68 Å². The van der Waals surface area contributed by atoms with Gasteiger partial charge in [-0.1, -0.05) is 6.07 Å². The van der Waals surface area contributed by atoms with Gasteiger partial charge in [-0.2, -0.15) is 5.10 Å². The number of hydrogen-bond acceptors (Lipinski definition) is 2. The highest BCUT2D eigenvalue weighted by molar-refractivity contribution is 7.09. The number of aromatic nitrogens is 2. The van der Waals surface area contributed by atoms with Crippen LogP contribution in [0.4, 0.5) is 0 Å². The van der Waals surface area contributed by atoms with E-state index in [-0.39, 0.29) is 0 Å². The van der Waals surface area contributed by atoms with Crippen molar-refractivity contribution in [3.63, 3.8) is 0 Å². The van der Waals surface area contributed by atoms with Gasteiger partial charge in [-0.05, 0) is 23.9 Å². The van der Waals surface area contributed by atoms with Crippen molar-refractivity contribution in [1.82, 2.24) is 9.78 Å². The smallest absolute Gasteiger partial charge is 0.0518 e. The van der Waals surface area contributed by atoms with Crippen LogP contribution >= 0.6 is 11.3 Å². The third kappa shape index (κ3) is 2.18. The second-order valence-corrected chi connectivity index (χ2v) is 4.14. The molecule has 2 nitrogen and oxygen atoms in total. The molecule has 0 aliphatic heterocycles. The van der Waals surface area contributed by atoms with Crippen LogP contribution < -0.4 is 0 Å². The lowest BCUT2D eigenvalue weighted by molar-refractivity contribution is 0.618. The Morgan fingerprint density at radius 2 is 2.46 bits per heavy atom. The highest BCUT2D eigenvalue weighted by Crippen LogP contribution is 2.09. The first kappa shape index (κ1) is 8.51. The quantitative estimate of drug-likeness (QED) is 0.730. The van der Waals surface area contributed by atoms with Crippen LogP contribution in [-0.2, 0) is 13.0 Å². The molecule has 0 fully saturated rings. The summed E-state index contributed by atoms with van der Waals surface area (Å²) in [6, 6.07) is 4.26. The molecule has 0 radical (unpaired) electrons. The van der Waals surface area contributed by atoms with E-state index in [0.717, 1.165) is 13.0 Å². The van der Waals surface area contributed by atoms with Gasteiger partial charge in [-0.15, -0.1) is 11.3 Å². The minimum atomic E-state index is 0.981. The van der Waals surface area contributed by atoms with Crippen LogP contribution in [0.2, 0.25) is 0 Å². The van der Waals surface area contributed by atoms with Gasteiger partial charge in [-0.25, -0.2) is 0 Å². The number of thiophene rings is 1. The molecule has 0 saturated heterocycles. The van der Waals surface area contributed by atoms with Crippen molar-refractivity contribution in [3.05, 3.63) is 40.3 Å². The summed E-state index contributed by atoms with van der Waals surface area (Å²) in [6.07, 6.45) is 5.06. The molecule has 0 aromatic carbocycles. The lowest BCUT2D eigenvalue weighted by Crippen LogP contribution is -2.00. The van der Waals surface area contributed by atoms with Crippen LogP contribution in [0, 0.1) is 6.92 Å². The van der Waals surface area contributed by atoms with Crippen LogP contribution in [0.1, 0.15) is 10.4 Å². The third-order valence-corrected chi connectivity index (χ3v) is 2.87. The fraction of sp³-hybridized carbons (Fsp3) is 0.300. The monoisotopic (exact) mass is 192 g/mol. The van der Waals surface area contributed by atoms with Crippen molar-refractivity contribution in [2.24, 2.45) is 0 Å². The van der Waals surface area contributed by atoms with E-state index in [9.17, 15) is 0 Å². The summed E-state index contributed by atoms with van der Waals surface area (Å²) in [4.78, 5) is 1.42. The van der Waals surface area contributed by atoms with Gasteiger partial charge >= 0.3 is 0 Å². The fourth-order valence-corrected chi connectivity index (χ4v) is 1.97. The highest BCUT2D eigenvalue weighted by atomic mass is 32.1. The molecule has 0 spiro atoms. The zero-order valence-corrected chi connectivity index (χ0v) is 8.42. The molecule has 3 heteroatoms. The maximum absolute atomic E-state index is 4.24. The Hall–Kier alpha value is -1.09. The molecule has 0 bridgehead atoms. The van der Waals surface area contributed by atoms with Crippen molar-refractivity contribution in [1.29, 1.82) is 0 Å². The molecule has 68 valence electrons. The Bertz CT molecular complexity index is 362. The number of aryl methyl sites for hydroxylation is 3. The Balaban J connectivity index is 1.93. The summed E-state index contributed by atoms with van der Waals surface area (Å²) in [5.74, 6) is 0. The first-order valence-electron chi connectivity index (χ1n) is 4.36. The van der Waals surface area contributed by atoms with Crippen molar-refractivity contribution in [2.45, 2.75) is 19.9 Å². The molecular formula is C10H12N2S. The minimum Gasteiger partial charge on any atom is -0.272 e. The zero-order chi connectivity index (χ0) is 9.10. The van der Waals surface area contributed by atoms with E-state index < -0.39 is 0 Å². The first-order valence-corrected chi connectivity index (χ1v) is 5.24. The summed E-state index contributed by atoms with van der Waals surface area (Å²) in [6.45, 7) is 3.04.